The molecule has 1 aromatic rings. The smallest absolute Gasteiger partial charge is 0.374 e. The summed E-state index contributed by atoms with van der Waals surface area (Å²) in [5, 5.41) is 0. The largest absolute Gasteiger partial charge is 0.418 e. The van der Waals surface area contributed by atoms with E-state index in [1.807, 2.05) is 13.8 Å². The second kappa shape index (κ2) is 7.16. The number of hydrogen-bond acceptors (Lipinski definition) is 2. The third-order valence-electron chi connectivity index (χ3n) is 3.62. The summed E-state index contributed by atoms with van der Waals surface area (Å²) in [6.07, 6.45) is -2.97. The SMILES string of the molecule is CCC(C)CN(C)c1ccc(CC(C)N)cc1C(F)(F)F. The molecule has 0 aromatic heterocycles. The molecule has 0 aliphatic rings. The highest BCUT2D eigenvalue weighted by atomic mass is 19.4. The van der Waals surface area contributed by atoms with Gasteiger partial charge >= 0.3 is 6.18 Å². The van der Waals surface area contributed by atoms with E-state index in [2.05, 4.69) is 0 Å². The van der Waals surface area contributed by atoms with E-state index in [1.165, 1.54) is 6.07 Å². The van der Waals surface area contributed by atoms with Crippen molar-refractivity contribution >= 4 is 5.69 Å². The molecule has 0 fully saturated rings. The lowest BCUT2D eigenvalue weighted by Crippen LogP contribution is -2.26. The first-order valence-corrected chi connectivity index (χ1v) is 7.32. The van der Waals surface area contributed by atoms with Crippen LogP contribution in [0, 0.1) is 5.92 Å². The van der Waals surface area contributed by atoms with Crippen molar-refractivity contribution in [1.82, 2.24) is 0 Å². The fourth-order valence-electron chi connectivity index (χ4n) is 2.34. The topological polar surface area (TPSA) is 29.3 Å². The van der Waals surface area contributed by atoms with Gasteiger partial charge in [-0.15, -0.1) is 0 Å². The minimum absolute atomic E-state index is 0.158. The van der Waals surface area contributed by atoms with Crippen molar-refractivity contribution in [2.45, 2.75) is 45.8 Å². The van der Waals surface area contributed by atoms with Crippen LogP contribution in [0.2, 0.25) is 0 Å². The zero-order valence-corrected chi connectivity index (χ0v) is 13.2. The Morgan fingerprint density at radius 2 is 1.86 bits per heavy atom. The molecule has 0 amide bonds. The van der Waals surface area contributed by atoms with Crippen molar-refractivity contribution in [3.8, 4) is 0 Å². The maximum Gasteiger partial charge on any atom is 0.418 e. The minimum Gasteiger partial charge on any atom is -0.374 e. The molecule has 0 aliphatic heterocycles. The Labute approximate surface area is 125 Å². The Morgan fingerprint density at radius 1 is 1.24 bits per heavy atom. The molecule has 21 heavy (non-hydrogen) atoms. The fraction of sp³-hybridized carbons (Fsp3) is 0.625. The van der Waals surface area contributed by atoms with E-state index in [9.17, 15) is 13.2 Å². The molecule has 120 valence electrons. The molecule has 0 bridgehead atoms. The average Bonchev–Trinajstić information content (AvgIpc) is 2.36. The molecule has 0 spiro atoms. The van der Waals surface area contributed by atoms with Crippen molar-refractivity contribution in [1.29, 1.82) is 0 Å². The van der Waals surface area contributed by atoms with Crippen molar-refractivity contribution in [2.75, 3.05) is 18.5 Å². The van der Waals surface area contributed by atoms with E-state index >= 15 is 0 Å². The van der Waals surface area contributed by atoms with Crippen molar-refractivity contribution in [2.24, 2.45) is 11.7 Å². The van der Waals surface area contributed by atoms with Gasteiger partial charge in [-0.2, -0.15) is 13.2 Å². The number of hydrogen-bond donors (Lipinski definition) is 1. The molecule has 1 aromatic carbocycles. The molecule has 2 N–H and O–H groups in total. The second-order valence-corrected chi connectivity index (χ2v) is 5.92. The Bertz CT molecular complexity index is 455. The minimum atomic E-state index is -4.35. The van der Waals surface area contributed by atoms with Gasteiger partial charge in [0.25, 0.3) is 0 Å². The number of nitrogens with two attached hydrogens (primary N) is 1. The summed E-state index contributed by atoms with van der Waals surface area (Å²) in [7, 11) is 1.71. The lowest BCUT2D eigenvalue weighted by molar-refractivity contribution is -0.137. The van der Waals surface area contributed by atoms with Crippen LogP contribution in [-0.2, 0) is 12.6 Å². The van der Waals surface area contributed by atoms with Gasteiger partial charge in [-0.3, -0.25) is 0 Å². The first-order chi connectivity index (χ1) is 9.65. The summed E-state index contributed by atoms with van der Waals surface area (Å²) in [6.45, 7) is 6.46. The molecule has 2 atom stereocenters. The Hall–Kier alpha value is -1.23. The van der Waals surface area contributed by atoms with Crippen LogP contribution in [0.4, 0.5) is 18.9 Å². The van der Waals surface area contributed by atoms with Crippen LogP contribution in [-0.4, -0.2) is 19.6 Å². The van der Waals surface area contributed by atoms with Crippen LogP contribution < -0.4 is 10.6 Å². The van der Waals surface area contributed by atoms with E-state index in [-0.39, 0.29) is 11.7 Å². The summed E-state index contributed by atoms with van der Waals surface area (Å²) in [4.78, 5) is 1.69. The van der Waals surface area contributed by atoms with E-state index < -0.39 is 11.7 Å². The molecule has 0 saturated heterocycles. The average molecular weight is 302 g/mol. The molecule has 0 saturated carbocycles. The first kappa shape index (κ1) is 17.8. The van der Waals surface area contributed by atoms with E-state index in [0.29, 0.717) is 24.4 Å². The van der Waals surface area contributed by atoms with Crippen LogP contribution >= 0.6 is 0 Å². The maximum absolute atomic E-state index is 13.3. The van der Waals surface area contributed by atoms with Gasteiger partial charge in [-0.25, -0.2) is 0 Å². The molecular weight excluding hydrogens is 277 g/mol. The molecule has 1 rings (SSSR count). The normalized spacial score (nSPS) is 14.9. The monoisotopic (exact) mass is 302 g/mol. The lowest BCUT2D eigenvalue weighted by Gasteiger charge is -2.26. The Morgan fingerprint density at radius 3 is 2.33 bits per heavy atom. The zero-order valence-electron chi connectivity index (χ0n) is 13.2. The second-order valence-electron chi connectivity index (χ2n) is 5.92. The van der Waals surface area contributed by atoms with Crippen LogP contribution in [0.15, 0.2) is 18.2 Å². The molecule has 0 heterocycles. The van der Waals surface area contributed by atoms with Crippen LogP contribution in [0.25, 0.3) is 0 Å². The summed E-state index contributed by atoms with van der Waals surface area (Å²) in [6, 6.07) is 4.37. The van der Waals surface area contributed by atoms with Crippen molar-refractivity contribution in [3.63, 3.8) is 0 Å². The molecule has 2 nitrogen and oxygen atoms in total. The number of alkyl halides is 3. The molecule has 0 radical (unpaired) electrons. The zero-order chi connectivity index (χ0) is 16.2. The van der Waals surface area contributed by atoms with Gasteiger partial charge < -0.3 is 10.6 Å². The van der Waals surface area contributed by atoms with Gasteiger partial charge in [0, 0.05) is 25.3 Å². The number of benzene rings is 1. The quantitative estimate of drug-likeness (QED) is 0.858. The summed E-state index contributed by atoms with van der Waals surface area (Å²) >= 11 is 0. The predicted molar refractivity (Wildman–Crippen MR) is 81.5 cm³/mol. The van der Waals surface area contributed by atoms with Crippen molar-refractivity contribution < 1.29 is 13.2 Å². The van der Waals surface area contributed by atoms with Gasteiger partial charge in [-0.1, -0.05) is 26.3 Å². The highest BCUT2D eigenvalue weighted by molar-refractivity contribution is 5.56. The number of halogens is 3. The molecular formula is C16H25F3N2. The van der Waals surface area contributed by atoms with Gasteiger partial charge in [-0.05, 0) is 37.0 Å². The summed E-state index contributed by atoms with van der Waals surface area (Å²) < 4.78 is 39.9. The Balaban J connectivity index is 3.13. The van der Waals surface area contributed by atoms with Gasteiger partial charge in [0.1, 0.15) is 0 Å². The third-order valence-corrected chi connectivity index (χ3v) is 3.62. The van der Waals surface area contributed by atoms with Gasteiger partial charge in [0.2, 0.25) is 0 Å². The van der Waals surface area contributed by atoms with Crippen LogP contribution in [0.3, 0.4) is 0 Å². The standard InChI is InChI=1S/C16H25F3N2/c1-5-11(2)10-21(4)15-7-6-13(8-12(3)20)9-14(15)16(17,18)19/h6-7,9,11-12H,5,8,10,20H2,1-4H3. The molecule has 5 heteroatoms. The van der Waals surface area contributed by atoms with E-state index in [4.69, 9.17) is 5.73 Å². The highest BCUT2D eigenvalue weighted by Crippen LogP contribution is 2.37. The summed E-state index contributed by atoms with van der Waals surface area (Å²) in [5.74, 6) is 0.347. The maximum atomic E-state index is 13.3. The third kappa shape index (κ3) is 5.23. The number of anilines is 1. The lowest BCUT2D eigenvalue weighted by atomic mass is 10.0. The van der Waals surface area contributed by atoms with Crippen LogP contribution in [0.5, 0.6) is 0 Å². The first-order valence-electron chi connectivity index (χ1n) is 7.32. The molecule has 0 aliphatic carbocycles. The summed E-state index contributed by atoms with van der Waals surface area (Å²) in [5.41, 5.74) is 5.95. The van der Waals surface area contributed by atoms with Crippen LogP contribution in [0.1, 0.15) is 38.3 Å². The molecule has 2 unspecified atom stereocenters. The number of nitrogens with zero attached hydrogens (tertiary/aromatic N) is 1. The van der Waals surface area contributed by atoms with Gasteiger partial charge in [0.05, 0.1) is 5.56 Å². The van der Waals surface area contributed by atoms with E-state index in [1.54, 1.807) is 31.0 Å². The van der Waals surface area contributed by atoms with Gasteiger partial charge in [0.15, 0.2) is 0 Å². The Kier molecular flexibility index (Phi) is 6.08. The number of rotatable bonds is 6. The predicted octanol–water partition coefficient (Wildman–Crippen LogP) is 4.08. The van der Waals surface area contributed by atoms with E-state index in [0.717, 1.165) is 6.42 Å². The fourth-order valence-corrected chi connectivity index (χ4v) is 2.34. The van der Waals surface area contributed by atoms with Crippen molar-refractivity contribution in [3.05, 3.63) is 29.3 Å². The highest BCUT2D eigenvalue weighted by Gasteiger charge is 2.34.